The fraction of sp³-hybridized carbons (Fsp3) is 0.476. The number of carboxylic acids is 1. The Morgan fingerprint density at radius 1 is 1.00 bits per heavy atom. The molecule has 0 spiro atoms. The molecule has 0 aliphatic rings. The number of aryl methyl sites for hydroxylation is 1. The smallest absolute Gasteiger partial charge is 0.303 e. The van der Waals surface area contributed by atoms with Gasteiger partial charge in [0.15, 0.2) is 0 Å². The minimum Gasteiger partial charge on any atom is -0.481 e. The van der Waals surface area contributed by atoms with Crippen molar-refractivity contribution < 1.29 is 15.0 Å². The largest absolute Gasteiger partial charge is 0.481 e. The lowest BCUT2D eigenvalue weighted by Crippen LogP contribution is -2.03. The third kappa shape index (κ3) is 11.7. The van der Waals surface area contributed by atoms with Crippen LogP contribution in [0.5, 0.6) is 0 Å². The van der Waals surface area contributed by atoms with Crippen molar-refractivity contribution in [2.45, 2.75) is 63.9 Å². The minimum absolute atomic E-state index is 0.289. The lowest BCUT2D eigenvalue weighted by atomic mass is 10.1. The molecule has 0 aliphatic carbocycles. The second-order valence-electron chi connectivity index (χ2n) is 6.10. The number of unbranched alkanes of at least 4 members (excludes halogenated alkanes) is 5. The van der Waals surface area contributed by atoms with E-state index in [2.05, 4.69) is 18.2 Å². The molecule has 1 aromatic carbocycles. The SMILES string of the molecule is O=C(O)CCCCCCC/C=C\C=C\[C@@H](O)CCc1ccccc1. The third-order valence-electron chi connectivity index (χ3n) is 3.91. The van der Waals surface area contributed by atoms with E-state index in [1.165, 1.54) is 5.56 Å². The molecule has 0 aliphatic heterocycles. The van der Waals surface area contributed by atoms with Gasteiger partial charge < -0.3 is 10.2 Å². The highest BCUT2D eigenvalue weighted by Crippen LogP contribution is 2.08. The third-order valence-corrected chi connectivity index (χ3v) is 3.91. The van der Waals surface area contributed by atoms with E-state index in [0.717, 1.165) is 51.4 Å². The summed E-state index contributed by atoms with van der Waals surface area (Å²) in [5.41, 5.74) is 1.25. The van der Waals surface area contributed by atoms with Crippen molar-refractivity contribution in [3.8, 4) is 0 Å². The second-order valence-corrected chi connectivity index (χ2v) is 6.10. The zero-order chi connectivity index (χ0) is 17.5. The van der Waals surface area contributed by atoms with Crippen molar-refractivity contribution >= 4 is 5.97 Å². The van der Waals surface area contributed by atoms with Gasteiger partial charge in [-0.05, 0) is 37.7 Å². The van der Waals surface area contributed by atoms with Crippen LogP contribution in [0.3, 0.4) is 0 Å². The number of carboxylic acid groups (broad SMARTS) is 1. The lowest BCUT2D eigenvalue weighted by molar-refractivity contribution is -0.137. The number of carbonyl (C=O) groups is 1. The first-order chi connectivity index (χ1) is 11.7. The summed E-state index contributed by atoms with van der Waals surface area (Å²) in [7, 11) is 0. The average Bonchev–Trinajstić information content (AvgIpc) is 2.58. The lowest BCUT2D eigenvalue weighted by Gasteiger charge is -2.04. The number of benzene rings is 1. The van der Waals surface area contributed by atoms with E-state index in [0.29, 0.717) is 0 Å². The van der Waals surface area contributed by atoms with Crippen molar-refractivity contribution in [2.24, 2.45) is 0 Å². The maximum absolute atomic E-state index is 10.4. The molecule has 1 rings (SSSR count). The van der Waals surface area contributed by atoms with Gasteiger partial charge in [0.25, 0.3) is 0 Å². The van der Waals surface area contributed by atoms with Gasteiger partial charge in [0.05, 0.1) is 6.10 Å². The van der Waals surface area contributed by atoms with Gasteiger partial charge in [-0.2, -0.15) is 0 Å². The van der Waals surface area contributed by atoms with E-state index in [9.17, 15) is 9.90 Å². The summed E-state index contributed by atoms with van der Waals surface area (Å²) < 4.78 is 0. The van der Waals surface area contributed by atoms with Crippen LogP contribution in [-0.2, 0) is 11.2 Å². The van der Waals surface area contributed by atoms with Gasteiger partial charge in [-0.15, -0.1) is 0 Å². The van der Waals surface area contributed by atoms with Crippen LogP contribution in [0.25, 0.3) is 0 Å². The zero-order valence-corrected chi connectivity index (χ0v) is 14.4. The molecule has 24 heavy (non-hydrogen) atoms. The highest BCUT2D eigenvalue weighted by molar-refractivity contribution is 5.66. The molecule has 1 aromatic rings. The average molecular weight is 330 g/mol. The normalized spacial score (nSPS) is 12.9. The number of aliphatic hydroxyl groups excluding tert-OH is 1. The highest BCUT2D eigenvalue weighted by atomic mass is 16.4. The number of rotatable bonds is 13. The van der Waals surface area contributed by atoms with Crippen LogP contribution >= 0.6 is 0 Å². The molecule has 0 heterocycles. The Morgan fingerprint density at radius 3 is 2.46 bits per heavy atom. The van der Waals surface area contributed by atoms with E-state index in [4.69, 9.17) is 5.11 Å². The van der Waals surface area contributed by atoms with Crippen molar-refractivity contribution in [3.63, 3.8) is 0 Å². The van der Waals surface area contributed by atoms with E-state index in [1.54, 1.807) is 0 Å². The van der Waals surface area contributed by atoms with Gasteiger partial charge in [0.2, 0.25) is 0 Å². The predicted molar refractivity (Wildman–Crippen MR) is 99.0 cm³/mol. The maximum atomic E-state index is 10.4. The standard InChI is InChI=1S/C21H30O3/c22-20(18-17-19-13-9-8-10-14-19)15-11-6-4-2-1-3-5-7-12-16-21(23)24/h4,6,8-11,13-15,20,22H,1-3,5,7,12,16-18H2,(H,23,24)/b6-4-,15-11+/t20-/m1/s1. The quantitative estimate of drug-likeness (QED) is 0.399. The number of aliphatic carboxylic acids is 1. The summed E-state index contributed by atoms with van der Waals surface area (Å²) in [5, 5.41) is 18.4. The molecule has 3 heteroatoms. The van der Waals surface area contributed by atoms with Crippen LogP contribution in [0.1, 0.15) is 56.9 Å². The highest BCUT2D eigenvalue weighted by Gasteiger charge is 1.99. The summed E-state index contributed by atoms with van der Waals surface area (Å²) in [5.74, 6) is -0.698. The Bertz CT molecular complexity index is 491. The monoisotopic (exact) mass is 330 g/mol. The van der Waals surface area contributed by atoms with Gasteiger partial charge in [0, 0.05) is 6.42 Å². The van der Waals surface area contributed by atoms with Crippen LogP contribution < -0.4 is 0 Å². The summed E-state index contributed by atoms with van der Waals surface area (Å²) in [6, 6.07) is 10.2. The van der Waals surface area contributed by atoms with E-state index < -0.39 is 12.1 Å². The minimum atomic E-state index is -0.698. The van der Waals surface area contributed by atoms with E-state index >= 15 is 0 Å². The van der Waals surface area contributed by atoms with Crippen LogP contribution in [0.2, 0.25) is 0 Å². The Hall–Kier alpha value is -1.87. The molecule has 0 unspecified atom stereocenters. The molecule has 0 amide bonds. The molecule has 0 aromatic heterocycles. The van der Waals surface area contributed by atoms with Gasteiger partial charge >= 0.3 is 5.97 Å². The van der Waals surface area contributed by atoms with Crippen LogP contribution in [0, 0.1) is 0 Å². The molecule has 0 radical (unpaired) electrons. The molecule has 3 nitrogen and oxygen atoms in total. The Labute approximate surface area is 145 Å². The molecule has 2 N–H and O–H groups in total. The topological polar surface area (TPSA) is 57.5 Å². The first-order valence-electron chi connectivity index (χ1n) is 8.95. The molecule has 0 saturated heterocycles. The van der Waals surface area contributed by atoms with Crippen LogP contribution in [0.15, 0.2) is 54.6 Å². The molecule has 0 bridgehead atoms. The fourth-order valence-corrected chi connectivity index (χ4v) is 2.49. The van der Waals surface area contributed by atoms with Crippen LogP contribution in [0.4, 0.5) is 0 Å². The van der Waals surface area contributed by atoms with Gasteiger partial charge in [-0.3, -0.25) is 4.79 Å². The molecule has 132 valence electrons. The van der Waals surface area contributed by atoms with Crippen LogP contribution in [-0.4, -0.2) is 22.3 Å². The molecular weight excluding hydrogens is 300 g/mol. The van der Waals surface area contributed by atoms with Crippen molar-refractivity contribution in [3.05, 3.63) is 60.2 Å². The number of hydrogen-bond acceptors (Lipinski definition) is 2. The Morgan fingerprint density at radius 2 is 1.71 bits per heavy atom. The maximum Gasteiger partial charge on any atom is 0.303 e. The van der Waals surface area contributed by atoms with E-state index in [-0.39, 0.29) is 6.42 Å². The van der Waals surface area contributed by atoms with E-state index in [1.807, 2.05) is 36.4 Å². The van der Waals surface area contributed by atoms with Crippen molar-refractivity contribution in [1.29, 1.82) is 0 Å². The summed E-state index contributed by atoms with van der Waals surface area (Å²) in [6.07, 6.45) is 15.6. The molecule has 1 atom stereocenters. The predicted octanol–water partition coefficient (Wildman–Crippen LogP) is 4.91. The first-order valence-corrected chi connectivity index (χ1v) is 8.95. The zero-order valence-electron chi connectivity index (χ0n) is 14.4. The Balaban J connectivity index is 1.99. The first kappa shape index (κ1) is 20.2. The van der Waals surface area contributed by atoms with Gasteiger partial charge in [-0.1, -0.05) is 73.9 Å². The number of allylic oxidation sites excluding steroid dienone is 3. The van der Waals surface area contributed by atoms with Gasteiger partial charge in [-0.25, -0.2) is 0 Å². The molecular formula is C21H30O3. The van der Waals surface area contributed by atoms with Crippen molar-refractivity contribution in [2.75, 3.05) is 0 Å². The summed E-state index contributed by atoms with van der Waals surface area (Å²) in [6.45, 7) is 0. The molecule has 0 fully saturated rings. The number of hydrogen-bond donors (Lipinski definition) is 2. The van der Waals surface area contributed by atoms with Gasteiger partial charge in [0.1, 0.15) is 0 Å². The second kappa shape index (κ2) is 13.6. The summed E-state index contributed by atoms with van der Waals surface area (Å²) in [4.78, 5) is 10.4. The van der Waals surface area contributed by atoms with Crippen molar-refractivity contribution in [1.82, 2.24) is 0 Å². The fourth-order valence-electron chi connectivity index (χ4n) is 2.49. The number of aliphatic hydroxyl groups is 1. The Kier molecular flexibility index (Phi) is 11.4. The molecule has 0 saturated carbocycles. The summed E-state index contributed by atoms with van der Waals surface area (Å²) >= 11 is 0.